The lowest BCUT2D eigenvalue weighted by Gasteiger charge is -2.46. The first-order chi connectivity index (χ1) is 13.3. The van der Waals surface area contributed by atoms with Gasteiger partial charge in [0.05, 0.1) is 29.3 Å². The molecule has 1 atom stereocenters. The fourth-order valence-electron chi connectivity index (χ4n) is 4.36. The van der Waals surface area contributed by atoms with Gasteiger partial charge in [0.1, 0.15) is 0 Å². The summed E-state index contributed by atoms with van der Waals surface area (Å²) in [4.78, 5) is 30.4. The number of fused-ring (bicyclic) bond motifs is 1. The number of anilines is 1. The Morgan fingerprint density at radius 1 is 1.21 bits per heavy atom. The van der Waals surface area contributed by atoms with Crippen molar-refractivity contribution in [3.63, 3.8) is 0 Å². The smallest absolute Gasteiger partial charge is 0.407 e. The number of alkyl halides is 2. The zero-order valence-corrected chi connectivity index (χ0v) is 15.6. The van der Waals surface area contributed by atoms with Gasteiger partial charge in [0, 0.05) is 39.8 Å². The number of piperidine rings is 1. The number of para-hydroxylation sites is 1. The van der Waals surface area contributed by atoms with E-state index in [1.54, 1.807) is 16.5 Å². The van der Waals surface area contributed by atoms with E-state index in [-0.39, 0.29) is 18.7 Å². The van der Waals surface area contributed by atoms with E-state index in [2.05, 4.69) is 9.88 Å². The Labute approximate surface area is 159 Å². The van der Waals surface area contributed by atoms with Crippen LogP contribution in [0.1, 0.15) is 6.42 Å². The number of aryl methyl sites for hydroxylation is 1. The molecule has 28 heavy (non-hydrogen) atoms. The molecule has 1 aromatic heterocycles. The average Bonchev–Trinajstić information content (AvgIpc) is 2.95. The van der Waals surface area contributed by atoms with Crippen LogP contribution in [-0.4, -0.2) is 81.8 Å². The number of carboxylic acid groups (broad SMARTS) is 1. The Morgan fingerprint density at radius 2 is 1.93 bits per heavy atom. The van der Waals surface area contributed by atoms with Gasteiger partial charge in [-0.05, 0) is 18.6 Å². The van der Waals surface area contributed by atoms with Gasteiger partial charge in [-0.2, -0.15) is 0 Å². The molecule has 1 amide bonds. The summed E-state index contributed by atoms with van der Waals surface area (Å²) in [6, 6.07) is 4.70. The van der Waals surface area contributed by atoms with Gasteiger partial charge in [-0.1, -0.05) is 6.07 Å². The molecule has 0 unspecified atom stereocenters. The Balaban J connectivity index is 1.49. The fourth-order valence-corrected chi connectivity index (χ4v) is 4.36. The molecule has 3 heterocycles. The zero-order chi connectivity index (χ0) is 20.1. The van der Waals surface area contributed by atoms with E-state index in [4.69, 9.17) is 5.11 Å². The van der Waals surface area contributed by atoms with Crippen LogP contribution in [0.2, 0.25) is 0 Å². The first kappa shape index (κ1) is 18.7. The number of nitrogens with zero attached hydrogens (tertiary/aromatic N) is 4. The molecule has 2 aliphatic heterocycles. The zero-order valence-electron chi connectivity index (χ0n) is 15.6. The number of amides is 1. The highest BCUT2D eigenvalue weighted by Gasteiger charge is 2.49. The topological polar surface area (TPSA) is 84.8 Å². The van der Waals surface area contributed by atoms with Crippen molar-refractivity contribution in [2.24, 2.45) is 7.05 Å². The predicted octanol–water partition coefficient (Wildman–Crippen LogP) is 1.38. The van der Waals surface area contributed by atoms with Gasteiger partial charge in [-0.15, -0.1) is 0 Å². The Bertz CT molecular complexity index is 948. The lowest BCUT2D eigenvalue weighted by molar-refractivity contribution is -0.122. The van der Waals surface area contributed by atoms with Crippen molar-refractivity contribution in [3.05, 3.63) is 28.7 Å². The first-order valence-electron chi connectivity index (χ1n) is 9.30. The number of aromatic amines is 1. The molecule has 4 rings (SSSR count). The number of carbonyl (C=O) groups is 1. The van der Waals surface area contributed by atoms with Crippen LogP contribution >= 0.6 is 0 Å². The number of likely N-dealkylation sites (tertiary alicyclic amines) is 1. The molecule has 2 N–H and O–H groups in total. The molecule has 0 spiro atoms. The lowest BCUT2D eigenvalue weighted by Crippen LogP contribution is -2.62. The molecular formula is C18H23F2N5O3. The quantitative estimate of drug-likeness (QED) is 0.803. The maximum Gasteiger partial charge on any atom is 0.407 e. The van der Waals surface area contributed by atoms with Crippen molar-refractivity contribution in [2.75, 3.05) is 44.2 Å². The van der Waals surface area contributed by atoms with Crippen LogP contribution in [0.25, 0.3) is 11.0 Å². The summed E-state index contributed by atoms with van der Waals surface area (Å²) in [5, 5.41) is 8.98. The molecule has 2 fully saturated rings. The van der Waals surface area contributed by atoms with Crippen molar-refractivity contribution >= 4 is 22.8 Å². The van der Waals surface area contributed by atoms with Crippen molar-refractivity contribution in [2.45, 2.75) is 18.4 Å². The molecule has 0 radical (unpaired) electrons. The third kappa shape index (κ3) is 3.11. The van der Waals surface area contributed by atoms with Gasteiger partial charge >= 0.3 is 11.8 Å². The highest BCUT2D eigenvalue weighted by Crippen LogP contribution is 2.33. The van der Waals surface area contributed by atoms with Gasteiger partial charge < -0.3 is 19.9 Å². The van der Waals surface area contributed by atoms with Crippen LogP contribution in [0.5, 0.6) is 0 Å². The third-order valence-corrected chi connectivity index (χ3v) is 5.82. The molecule has 152 valence electrons. The predicted molar refractivity (Wildman–Crippen MR) is 100 cm³/mol. The largest absolute Gasteiger partial charge is 0.465 e. The van der Waals surface area contributed by atoms with E-state index in [0.29, 0.717) is 26.2 Å². The van der Waals surface area contributed by atoms with Crippen molar-refractivity contribution in [1.29, 1.82) is 0 Å². The standard InChI is InChI=1S/C18H23F2N5O3/c1-22-15-12(21-16(22)26)3-2-4-13(15)23-7-9-24(10-8-23)14-5-6-25(17(27)28)11-18(14,19)20/h2-4,14H,5-11H2,1H3,(H,21,26)(H,27,28)/t14-/m0/s1. The van der Waals surface area contributed by atoms with Crippen molar-refractivity contribution < 1.29 is 18.7 Å². The monoisotopic (exact) mass is 395 g/mol. The third-order valence-electron chi connectivity index (χ3n) is 5.82. The van der Waals surface area contributed by atoms with Crippen LogP contribution in [0.15, 0.2) is 23.0 Å². The highest BCUT2D eigenvalue weighted by molar-refractivity contribution is 5.89. The second-order valence-electron chi connectivity index (χ2n) is 7.46. The summed E-state index contributed by atoms with van der Waals surface area (Å²) in [6.45, 7) is 1.42. The number of piperazine rings is 1. The van der Waals surface area contributed by atoms with Gasteiger partial charge in [-0.25, -0.2) is 18.4 Å². The molecule has 0 saturated carbocycles. The summed E-state index contributed by atoms with van der Waals surface area (Å²) in [5.74, 6) is -3.07. The second-order valence-corrected chi connectivity index (χ2v) is 7.46. The average molecular weight is 395 g/mol. The Kier molecular flexibility index (Phi) is 4.53. The minimum Gasteiger partial charge on any atom is -0.465 e. The molecule has 2 aromatic rings. The van der Waals surface area contributed by atoms with Gasteiger partial charge in [0.15, 0.2) is 0 Å². The Hall–Kier alpha value is -2.62. The first-order valence-corrected chi connectivity index (χ1v) is 9.30. The molecule has 1 aromatic carbocycles. The maximum atomic E-state index is 14.5. The van der Waals surface area contributed by atoms with Crippen LogP contribution in [0.3, 0.4) is 0 Å². The molecule has 0 bridgehead atoms. The number of benzene rings is 1. The number of rotatable bonds is 2. The summed E-state index contributed by atoms with van der Waals surface area (Å²) in [5.41, 5.74) is 2.28. The fraction of sp³-hybridized carbons (Fsp3) is 0.556. The number of H-pyrrole nitrogens is 1. The lowest BCUT2D eigenvalue weighted by atomic mass is 9.98. The van der Waals surface area contributed by atoms with Crippen LogP contribution in [-0.2, 0) is 7.05 Å². The van der Waals surface area contributed by atoms with E-state index in [0.717, 1.165) is 21.6 Å². The van der Waals surface area contributed by atoms with Crippen LogP contribution < -0.4 is 10.6 Å². The van der Waals surface area contributed by atoms with E-state index in [9.17, 15) is 18.4 Å². The highest BCUT2D eigenvalue weighted by atomic mass is 19.3. The van der Waals surface area contributed by atoms with Crippen LogP contribution in [0, 0.1) is 0 Å². The maximum absolute atomic E-state index is 14.5. The van der Waals surface area contributed by atoms with Gasteiger partial charge in [0.2, 0.25) is 0 Å². The molecule has 2 saturated heterocycles. The summed E-state index contributed by atoms with van der Waals surface area (Å²) < 4.78 is 30.7. The summed E-state index contributed by atoms with van der Waals surface area (Å²) >= 11 is 0. The van der Waals surface area contributed by atoms with E-state index >= 15 is 0 Å². The van der Waals surface area contributed by atoms with Crippen molar-refractivity contribution in [3.8, 4) is 0 Å². The summed E-state index contributed by atoms with van der Waals surface area (Å²) in [6.07, 6.45) is -1.17. The summed E-state index contributed by atoms with van der Waals surface area (Å²) in [7, 11) is 1.71. The molecule has 2 aliphatic rings. The molecule has 10 heteroatoms. The Morgan fingerprint density at radius 3 is 2.57 bits per heavy atom. The van der Waals surface area contributed by atoms with E-state index < -0.39 is 24.6 Å². The molecular weight excluding hydrogens is 372 g/mol. The number of hydrogen-bond donors (Lipinski definition) is 2. The van der Waals surface area contributed by atoms with Gasteiger partial charge in [-0.3, -0.25) is 9.47 Å². The van der Waals surface area contributed by atoms with E-state index in [1.807, 2.05) is 18.2 Å². The van der Waals surface area contributed by atoms with Crippen molar-refractivity contribution in [1.82, 2.24) is 19.4 Å². The van der Waals surface area contributed by atoms with E-state index in [1.165, 1.54) is 0 Å². The SMILES string of the molecule is Cn1c(=O)[nH]c2cccc(N3CCN([C@H]4CCN(C(=O)O)CC4(F)F)CC3)c21. The minimum absolute atomic E-state index is 0.126. The number of hydrogen-bond acceptors (Lipinski definition) is 4. The number of halogens is 2. The number of nitrogens with one attached hydrogen (secondary N) is 1. The number of aromatic nitrogens is 2. The second kappa shape index (κ2) is 6.77. The normalized spacial score (nSPS) is 23.3. The van der Waals surface area contributed by atoms with Crippen LogP contribution in [0.4, 0.5) is 19.3 Å². The minimum atomic E-state index is -3.07. The van der Waals surface area contributed by atoms with Gasteiger partial charge in [0.25, 0.3) is 5.92 Å². The molecule has 0 aliphatic carbocycles. The number of imidazole rings is 1. The molecule has 8 nitrogen and oxygen atoms in total.